The van der Waals surface area contributed by atoms with Crippen LogP contribution in [0.1, 0.15) is 24.5 Å². The summed E-state index contributed by atoms with van der Waals surface area (Å²) in [6, 6.07) is 13.9. The fraction of sp³-hybridized carbons (Fsp3) is 0.211. The zero-order valence-corrected chi connectivity index (χ0v) is 13.1. The number of carbonyl (C=O) groups excluding carboxylic acids is 1. The number of nitrogens with one attached hydrogen (secondary N) is 1. The van der Waals surface area contributed by atoms with Gasteiger partial charge in [0.25, 0.3) is 0 Å². The lowest BCUT2D eigenvalue weighted by molar-refractivity contribution is -0.116. The van der Waals surface area contributed by atoms with Crippen LogP contribution in [-0.4, -0.2) is 12.5 Å². The Morgan fingerprint density at radius 3 is 2.70 bits per heavy atom. The highest BCUT2D eigenvalue weighted by Crippen LogP contribution is 2.19. The first kappa shape index (κ1) is 16.7. The van der Waals surface area contributed by atoms with Gasteiger partial charge in [-0.15, -0.1) is 0 Å². The van der Waals surface area contributed by atoms with Crippen molar-refractivity contribution in [3.63, 3.8) is 0 Å². The Hall–Kier alpha value is -2.62. The van der Waals surface area contributed by atoms with E-state index in [4.69, 9.17) is 4.74 Å². The van der Waals surface area contributed by atoms with Crippen molar-refractivity contribution < 1.29 is 13.9 Å². The molecule has 0 aromatic heterocycles. The Labute approximate surface area is 135 Å². The zero-order valence-electron chi connectivity index (χ0n) is 13.1. The summed E-state index contributed by atoms with van der Waals surface area (Å²) in [6.07, 6.45) is 4.04. The van der Waals surface area contributed by atoms with Crippen LogP contribution in [0.5, 0.6) is 5.75 Å². The third-order valence-corrected chi connectivity index (χ3v) is 3.21. The van der Waals surface area contributed by atoms with Crippen molar-refractivity contribution in [2.75, 3.05) is 6.61 Å². The topological polar surface area (TPSA) is 38.3 Å². The van der Waals surface area contributed by atoms with Crippen LogP contribution in [-0.2, 0) is 11.3 Å². The van der Waals surface area contributed by atoms with E-state index < -0.39 is 0 Å². The van der Waals surface area contributed by atoms with E-state index in [1.165, 1.54) is 12.1 Å². The quantitative estimate of drug-likeness (QED) is 0.786. The minimum absolute atomic E-state index is 0.157. The van der Waals surface area contributed by atoms with Gasteiger partial charge in [-0.05, 0) is 24.6 Å². The Bertz CT molecular complexity index is 683. The number of hydrogen-bond acceptors (Lipinski definition) is 2. The second kappa shape index (κ2) is 8.73. The largest absolute Gasteiger partial charge is 0.493 e. The molecule has 2 rings (SSSR count). The van der Waals surface area contributed by atoms with Crippen molar-refractivity contribution in [2.45, 2.75) is 19.9 Å². The number of ether oxygens (including phenoxy) is 1. The summed E-state index contributed by atoms with van der Waals surface area (Å²) in [6.45, 7) is 2.82. The lowest BCUT2D eigenvalue weighted by Crippen LogP contribution is -2.20. The summed E-state index contributed by atoms with van der Waals surface area (Å²) >= 11 is 0. The van der Waals surface area contributed by atoms with Gasteiger partial charge in [0, 0.05) is 23.7 Å². The number of amides is 1. The molecule has 0 bridgehead atoms. The molecule has 1 N–H and O–H groups in total. The molecule has 0 aliphatic heterocycles. The molecule has 0 atom stereocenters. The summed E-state index contributed by atoms with van der Waals surface area (Å²) in [5.41, 5.74) is 1.29. The SMILES string of the molecule is CCCOc1ccccc1/C=C/C(=O)NCc1ccccc1F. The monoisotopic (exact) mass is 313 g/mol. The fourth-order valence-corrected chi connectivity index (χ4v) is 2.01. The zero-order chi connectivity index (χ0) is 16.5. The number of benzene rings is 2. The van der Waals surface area contributed by atoms with Crippen molar-refractivity contribution >= 4 is 12.0 Å². The molecule has 23 heavy (non-hydrogen) atoms. The molecule has 0 aliphatic rings. The lowest BCUT2D eigenvalue weighted by Gasteiger charge is -2.07. The van der Waals surface area contributed by atoms with Crippen LogP contribution in [0.3, 0.4) is 0 Å². The summed E-state index contributed by atoms with van der Waals surface area (Å²) in [5.74, 6) is 0.140. The first-order valence-electron chi connectivity index (χ1n) is 7.62. The van der Waals surface area contributed by atoms with E-state index >= 15 is 0 Å². The first-order valence-corrected chi connectivity index (χ1v) is 7.62. The molecule has 3 nitrogen and oxygen atoms in total. The normalized spacial score (nSPS) is 10.7. The molecule has 0 heterocycles. The first-order chi connectivity index (χ1) is 11.2. The smallest absolute Gasteiger partial charge is 0.244 e. The second-order valence-corrected chi connectivity index (χ2v) is 5.03. The van der Waals surface area contributed by atoms with Crippen molar-refractivity contribution in [3.05, 3.63) is 71.6 Å². The third-order valence-electron chi connectivity index (χ3n) is 3.21. The van der Waals surface area contributed by atoms with Crippen LogP contribution in [0.15, 0.2) is 54.6 Å². The van der Waals surface area contributed by atoms with Crippen molar-refractivity contribution in [2.24, 2.45) is 0 Å². The summed E-state index contributed by atoms with van der Waals surface area (Å²) in [5, 5.41) is 2.67. The van der Waals surface area contributed by atoms with E-state index in [0.717, 1.165) is 17.7 Å². The van der Waals surface area contributed by atoms with E-state index in [1.807, 2.05) is 31.2 Å². The minimum atomic E-state index is -0.324. The maximum atomic E-state index is 13.5. The van der Waals surface area contributed by atoms with Crippen LogP contribution in [0.25, 0.3) is 6.08 Å². The van der Waals surface area contributed by atoms with Gasteiger partial charge in [0.1, 0.15) is 11.6 Å². The molecule has 0 fully saturated rings. The van der Waals surface area contributed by atoms with E-state index in [-0.39, 0.29) is 18.3 Å². The molecule has 0 spiro atoms. The van der Waals surface area contributed by atoms with E-state index in [2.05, 4.69) is 5.32 Å². The maximum Gasteiger partial charge on any atom is 0.244 e. The Morgan fingerprint density at radius 1 is 1.17 bits per heavy atom. The van der Waals surface area contributed by atoms with Crippen LogP contribution >= 0.6 is 0 Å². The average molecular weight is 313 g/mol. The number of carbonyl (C=O) groups is 1. The highest BCUT2D eigenvalue weighted by Gasteiger charge is 2.03. The number of hydrogen-bond donors (Lipinski definition) is 1. The van der Waals surface area contributed by atoms with Gasteiger partial charge < -0.3 is 10.1 Å². The van der Waals surface area contributed by atoms with E-state index in [9.17, 15) is 9.18 Å². The van der Waals surface area contributed by atoms with Gasteiger partial charge in [0.2, 0.25) is 5.91 Å². The number of halogens is 1. The average Bonchev–Trinajstić information content (AvgIpc) is 2.58. The van der Waals surface area contributed by atoms with Gasteiger partial charge in [0.05, 0.1) is 6.61 Å². The molecule has 0 unspecified atom stereocenters. The highest BCUT2D eigenvalue weighted by molar-refractivity contribution is 5.92. The lowest BCUT2D eigenvalue weighted by atomic mass is 10.2. The van der Waals surface area contributed by atoms with E-state index in [1.54, 1.807) is 24.3 Å². The molecule has 0 aliphatic carbocycles. The van der Waals surface area contributed by atoms with E-state index in [0.29, 0.717) is 12.2 Å². The Balaban J connectivity index is 1.95. The van der Waals surface area contributed by atoms with Crippen molar-refractivity contribution in [3.8, 4) is 5.75 Å². The molecule has 2 aromatic rings. The van der Waals surface area contributed by atoms with Gasteiger partial charge in [-0.2, -0.15) is 0 Å². The third kappa shape index (κ3) is 5.25. The second-order valence-electron chi connectivity index (χ2n) is 5.03. The molecule has 0 saturated carbocycles. The molecule has 2 aromatic carbocycles. The minimum Gasteiger partial charge on any atom is -0.493 e. The Morgan fingerprint density at radius 2 is 1.91 bits per heavy atom. The van der Waals surface area contributed by atoms with Gasteiger partial charge in [-0.25, -0.2) is 4.39 Å². The number of para-hydroxylation sites is 1. The molecule has 4 heteroatoms. The highest BCUT2D eigenvalue weighted by atomic mass is 19.1. The van der Waals surface area contributed by atoms with Gasteiger partial charge in [-0.1, -0.05) is 43.3 Å². The molecular weight excluding hydrogens is 293 g/mol. The van der Waals surface area contributed by atoms with Gasteiger partial charge in [0.15, 0.2) is 0 Å². The number of rotatable bonds is 7. The molecular formula is C19H20FNO2. The Kier molecular flexibility index (Phi) is 6.36. The molecule has 0 saturated heterocycles. The summed E-state index contributed by atoms with van der Waals surface area (Å²) in [7, 11) is 0. The molecule has 1 amide bonds. The summed E-state index contributed by atoms with van der Waals surface area (Å²) < 4.78 is 19.1. The van der Waals surface area contributed by atoms with Crippen molar-refractivity contribution in [1.29, 1.82) is 0 Å². The molecule has 120 valence electrons. The van der Waals surface area contributed by atoms with Crippen LogP contribution < -0.4 is 10.1 Å². The molecule has 0 radical (unpaired) electrons. The van der Waals surface area contributed by atoms with Crippen molar-refractivity contribution in [1.82, 2.24) is 5.32 Å². The van der Waals surface area contributed by atoms with Crippen LogP contribution in [0.2, 0.25) is 0 Å². The van der Waals surface area contributed by atoms with Gasteiger partial charge >= 0.3 is 0 Å². The fourth-order valence-electron chi connectivity index (χ4n) is 2.01. The predicted molar refractivity (Wildman–Crippen MR) is 89.5 cm³/mol. The maximum absolute atomic E-state index is 13.5. The summed E-state index contributed by atoms with van der Waals surface area (Å²) in [4.78, 5) is 11.9. The van der Waals surface area contributed by atoms with Crippen LogP contribution in [0.4, 0.5) is 4.39 Å². The predicted octanol–water partition coefficient (Wildman–Crippen LogP) is 3.94. The van der Waals surface area contributed by atoms with Gasteiger partial charge in [-0.3, -0.25) is 4.79 Å². The standard InChI is InChI=1S/C19H20FNO2/c1-2-13-23-18-10-6-4-7-15(18)11-12-19(22)21-14-16-8-3-5-9-17(16)20/h3-12H,2,13-14H2,1H3,(H,21,22)/b12-11+. The van der Waals surface area contributed by atoms with Crippen LogP contribution in [0, 0.1) is 5.82 Å².